The minimum absolute atomic E-state index is 0.0736. The lowest BCUT2D eigenvalue weighted by atomic mass is 9.63. The largest absolute Gasteiger partial charge is 0.393 e. The van der Waals surface area contributed by atoms with Crippen molar-refractivity contribution in [3.05, 3.63) is 0 Å². The van der Waals surface area contributed by atoms with E-state index >= 15 is 0 Å². The summed E-state index contributed by atoms with van der Waals surface area (Å²) >= 11 is 0. The number of nitrogens with one attached hydrogen (secondary N) is 1. The Labute approximate surface area is 80.7 Å². The molecule has 0 aromatic heterocycles. The van der Waals surface area contributed by atoms with Crippen LogP contribution in [0, 0.1) is 17.3 Å². The molecule has 2 saturated carbocycles. The van der Waals surface area contributed by atoms with E-state index in [0.29, 0.717) is 17.3 Å². The highest BCUT2D eigenvalue weighted by molar-refractivity contribution is 5.16. The Morgan fingerprint density at radius 1 is 1.23 bits per heavy atom. The predicted molar refractivity (Wildman–Crippen MR) is 53.5 cm³/mol. The lowest BCUT2D eigenvalue weighted by molar-refractivity contribution is -0.0120. The van der Waals surface area contributed by atoms with Crippen molar-refractivity contribution in [2.75, 3.05) is 7.05 Å². The number of fused-ring (bicyclic) bond motifs is 2. The zero-order valence-corrected chi connectivity index (χ0v) is 9.09. The molecule has 2 bridgehead atoms. The van der Waals surface area contributed by atoms with Crippen molar-refractivity contribution in [1.82, 2.24) is 5.32 Å². The SMILES string of the molecule is CN[C@]1(C)[C@@H]2C[C@@H](C[C@@H]2O)C1(C)C. The van der Waals surface area contributed by atoms with Crippen LogP contribution in [-0.4, -0.2) is 23.8 Å². The van der Waals surface area contributed by atoms with Crippen LogP contribution in [0.5, 0.6) is 0 Å². The lowest BCUT2D eigenvalue weighted by Crippen LogP contribution is -2.59. The number of aliphatic hydroxyl groups excluding tert-OH is 1. The van der Waals surface area contributed by atoms with Crippen molar-refractivity contribution in [1.29, 1.82) is 0 Å². The van der Waals surface area contributed by atoms with Crippen LogP contribution in [0.3, 0.4) is 0 Å². The van der Waals surface area contributed by atoms with E-state index in [2.05, 4.69) is 26.1 Å². The van der Waals surface area contributed by atoms with E-state index in [-0.39, 0.29) is 11.6 Å². The molecular formula is C11H21NO. The van der Waals surface area contributed by atoms with Gasteiger partial charge in [0.15, 0.2) is 0 Å². The first-order valence-corrected chi connectivity index (χ1v) is 5.30. The maximum atomic E-state index is 9.88. The Morgan fingerprint density at radius 3 is 2.23 bits per heavy atom. The van der Waals surface area contributed by atoms with E-state index in [1.807, 2.05) is 7.05 Å². The molecule has 0 radical (unpaired) electrons. The van der Waals surface area contributed by atoms with Crippen molar-refractivity contribution in [2.24, 2.45) is 17.3 Å². The van der Waals surface area contributed by atoms with Crippen molar-refractivity contribution < 1.29 is 5.11 Å². The van der Waals surface area contributed by atoms with Crippen molar-refractivity contribution in [2.45, 2.75) is 45.3 Å². The topological polar surface area (TPSA) is 32.3 Å². The molecule has 13 heavy (non-hydrogen) atoms. The van der Waals surface area contributed by atoms with Gasteiger partial charge in [-0.15, -0.1) is 0 Å². The molecular weight excluding hydrogens is 162 g/mol. The predicted octanol–water partition coefficient (Wildman–Crippen LogP) is 1.39. The number of aliphatic hydroxyl groups is 1. The van der Waals surface area contributed by atoms with Gasteiger partial charge in [0.2, 0.25) is 0 Å². The Hall–Kier alpha value is -0.0800. The third-order valence-electron chi connectivity index (χ3n) is 5.15. The van der Waals surface area contributed by atoms with Gasteiger partial charge in [-0.3, -0.25) is 0 Å². The first-order valence-electron chi connectivity index (χ1n) is 5.30. The van der Waals surface area contributed by atoms with Gasteiger partial charge >= 0.3 is 0 Å². The Kier molecular flexibility index (Phi) is 1.81. The Morgan fingerprint density at radius 2 is 1.85 bits per heavy atom. The Balaban J connectivity index is 2.36. The zero-order chi connectivity index (χ0) is 9.85. The van der Waals surface area contributed by atoms with Gasteiger partial charge in [0.1, 0.15) is 0 Å². The summed E-state index contributed by atoms with van der Waals surface area (Å²) in [4.78, 5) is 0. The molecule has 2 rings (SSSR count). The zero-order valence-electron chi connectivity index (χ0n) is 9.09. The molecule has 2 N–H and O–H groups in total. The molecule has 0 spiro atoms. The molecule has 2 aliphatic rings. The summed E-state index contributed by atoms with van der Waals surface area (Å²) < 4.78 is 0. The second-order valence-corrected chi connectivity index (χ2v) is 5.52. The van der Waals surface area contributed by atoms with Crippen LogP contribution in [0.15, 0.2) is 0 Å². The standard InChI is InChI=1S/C11H21NO/c1-10(2)7-5-8(9(13)6-7)11(10,3)12-4/h7-9,12-13H,5-6H2,1-4H3/t7-,8+,9-,11+/m0/s1. The fourth-order valence-electron chi connectivity index (χ4n) is 3.63. The van der Waals surface area contributed by atoms with E-state index < -0.39 is 0 Å². The molecule has 0 saturated heterocycles. The first kappa shape index (κ1) is 9.47. The molecule has 0 heterocycles. The van der Waals surface area contributed by atoms with E-state index in [0.717, 1.165) is 6.42 Å². The van der Waals surface area contributed by atoms with Gasteiger partial charge in [0, 0.05) is 11.5 Å². The molecule has 2 aliphatic carbocycles. The van der Waals surface area contributed by atoms with Crippen LogP contribution < -0.4 is 5.32 Å². The third-order valence-corrected chi connectivity index (χ3v) is 5.15. The van der Waals surface area contributed by atoms with Gasteiger partial charge in [-0.1, -0.05) is 13.8 Å². The van der Waals surface area contributed by atoms with Gasteiger partial charge in [-0.25, -0.2) is 0 Å². The average Bonchev–Trinajstić information content (AvgIpc) is 2.52. The molecule has 0 aromatic rings. The van der Waals surface area contributed by atoms with E-state index in [1.54, 1.807) is 0 Å². The molecule has 2 nitrogen and oxygen atoms in total. The summed E-state index contributed by atoms with van der Waals surface area (Å²) in [6.45, 7) is 6.93. The summed E-state index contributed by atoms with van der Waals surface area (Å²) in [5.74, 6) is 1.16. The van der Waals surface area contributed by atoms with Crippen LogP contribution in [0.1, 0.15) is 33.6 Å². The quantitative estimate of drug-likeness (QED) is 0.644. The van der Waals surface area contributed by atoms with Crippen molar-refractivity contribution in [3.63, 3.8) is 0 Å². The molecule has 0 aromatic carbocycles. The summed E-state index contributed by atoms with van der Waals surface area (Å²) in [6, 6.07) is 0. The number of rotatable bonds is 1. The summed E-state index contributed by atoms with van der Waals surface area (Å²) in [7, 11) is 2.02. The molecule has 0 unspecified atom stereocenters. The van der Waals surface area contributed by atoms with Crippen LogP contribution in [0.25, 0.3) is 0 Å². The summed E-state index contributed by atoms with van der Waals surface area (Å²) in [5.41, 5.74) is 0.445. The van der Waals surface area contributed by atoms with Crippen LogP contribution in [0.4, 0.5) is 0 Å². The number of hydrogen-bond acceptors (Lipinski definition) is 2. The molecule has 0 aliphatic heterocycles. The number of hydrogen-bond donors (Lipinski definition) is 2. The second-order valence-electron chi connectivity index (χ2n) is 5.52. The summed E-state index contributed by atoms with van der Waals surface area (Å²) in [5, 5.41) is 13.3. The van der Waals surface area contributed by atoms with Gasteiger partial charge < -0.3 is 10.4 Å². The highest BCUT2D eigenvalue weighted by Gasteiger charge is 2.62. The van der Waals surface area contributed by atoms with Crippen molar-refractivity contribution in [3.8, 4) is 0 Å². The monoisotopic (exact) mass is 183 g/mol. The third kappa shape index (κ3) is 0.909. The lowest BCUT2D eigenvalue weighted by Gasteiger charge is -2.49. The maximum absolute atomic E-state index is 9.88. The highest BCUT2D eigenvalue weighted by atomic mass is 16.3. The van der Waals surface area contributed by atoms with Crippen molar-refractivity contribution >= 4 is 0 Å². The molecule has 0 amide bonds. The van der Waals surface area contributed by atoms with Gasteiger partial charge in [-0.05, 0) is 38.1 Å². The van der Waals surface area contributed by atoms with E-state index in [1.165, 1.54) is 6.42 Å². The highest BCUT2D eigenvalue weighted by Crippen LogP contribution is 2.60. The minimum atomic E-state index is -0.0736. The smallest absolute Gasteiger partial charge is 0.0589 e. The molecule has 4 atom stereocenters. The second kappa shape index (κ2) is 2.48. The van der Waals surface area contributed by atoms with E-state index in [9.17, 15) is 5.11 Å². The molecule has 2 fully saturated rings. The van der Waals surface area contributed by atoms with Gasteiger partial charge in [0.25, 0.3) is 0 Å². The molecule has 76 valence electrons. The molecule has 2 heteroatoms. The fourth-order valence-corrected chi connectivity index (χ4v) is 3.63. The minimum Gasteiger partial charge on any atom is -0.393 e. The normalized spacial score (nSPS) is 52.8. The van der Waals surface area contributed by atoms with Gasteiger partial charge in [-0.2, -0.15) is 0 Å². The summed E-state index contributed by atoms with van der Waals surface area (Å²) in [6.07, 6.45) is 2.14. The van der Waals surface area contributed by atoms with Crippen LogP contribution >= 0.6 is 0 Å². The first-order chi connectivity index (χ1) is 5.93. The fraction of sp³-hybridized carbons (Fsp3) is 1.00. The van der Waals surface area contributed by atoms with Crippen LogP contribution in [0.2, 0.25) is 0 Å². The van der Waals surface area contributed by atoms with E-state index in [4.69, 9.17) is 0 Å². The average molecular weight is 183 g/mol. The van der Waals surface area contributed by atoms with Crippen LogP contribution in [-0.2, 0) is 0 Å². The Bertz CT molecular complexity index is 226. The van der Waals surface area contributed by atoms with Gasteiger partial charge in [0.05, 0.1) is 6.10 Å². The maximum Gasteiger partial charge on any atom is 0.0589 e.